The van der Waals surface area contributed by atoms with Crippen LogP contribution in [-0.4, -0.2) is 19.8 Å². The van der Waals surface area contributed by atoms with Crippen LogP contribution in [-0.2, 0) is 5.54 Å². The standard InChI is InChI=1S/C15H23NO2/c1-4-17-13-8-7-12(11-14(13)18-5-2)15(3)9-6-10-16-15/h7-8,11,16H,4-6,9-10H2,1-3H3. The van der Waals surface area contributed by atoms with Crippen molar-refractivity contribution < 1.29 is 9.47 Å². The van der Waals surface area contributed by atoms with Crippen LogP contribution in [0.4, 0.5) is 0 Å². The molecule has 3 heteroatoms. The fourth-order valence-corrected chi connectivity index (χ4v) is 2.54. The number of hydrogen-bond acceptors (Lipinski definition) is 3. The van der Waals surface area contributed by atoms with Crippen LogP contribution in [0.25, 0.3) is 0 Å². The molecule has 1 atom stereocenters. The van der Waals surface area contributed by atoms with Crippen molar-refractivity contribution in [2.24, 2.45) is 0 Å². The van der Waals surface area contributed by atoms with E-state index in [1.54, 1.807) is 0 Å². The van der Waals surface area contributed by atoms with Gasteiger partial charge >= 0.3 is 0 Å². The summed E-state index contributed by atoms with van der Waals surface area (Å²) in [6.07, 6.45) is 2.40. The molecule has 1 aromatic carbocycles. The van der Waals surface area contributed by atoms with Crippen LogP contribution in [0.3, 0.4) is 0 Å². The minimum absolute atomic E-state index is 0.0800. The summed E-state index contributed by atoms with van der Waals surface area (Å²) in [6, 6.07) is 6.29. The average Bonchev–Trinajstić information content (AvgIpc) is 2.80. The topological polar surface area (TPSA) is 30.5 Å². The molecule has 0 bridgehead atoms. The van der Waals surface area contributed by atoms with Gasteiger partial charge in [0.2, 0.25) is 0 Å². The maximum Gasteiger partial charge on any atom is 0.161 e. The Morgan fingerprint density at radius 2 is 1.89 bits per heavy atom. The second kappa shape index (κ2) is 5.61. The number of benzene rings is 1. The Hall–Kier alpha value is -1.22. The van der Waals surface area contributed by atoms with Gasteiger partial charge in [0.1, 0.15) is 0 Å². The van der Waals surface area contributed by atoms with Crippen molar-refractivity contribution in [2.75, 3.05) is 19.8 Å². The largest absolute Gasteiger partial charge is 0.490 e. The minimum Gasteiger partial charge on any atom is -0.490 e. The monoisotopic (exact) mass is 249 g/mol. The molecule has 1 fully saturated rings. The van der Waals surface area contributed by atoms with Crippen molar-refractivity contribution in [2.45, 2.75) is 39.2 Å². The lowest BCUT2D eigenvalue weighted by Gasteiger charge is -2.26. The van der Waals surface area contributed by atoms with E-state index in [0.717, 1.165) is 18.0 Å². The quantitative estimate of drug-likeness (QED) is 0.870. The molecule has 1 aromatic rings. The van der Waals surface area contributed by atoms with Crippen LogP contribution in [0.2, 0.25) is 0 Å². The number of nitrogens with one attached hydrogen (secondary N) is 1. The van der Waals surface area contributed by atoms with Gasteiger partial charge in [-0.2, -0.15) is 0 Å². The Kier molecular flexibility index (Phi) is 4.12. The third-order valence-electron chi connectivity index (χ3n) is 3.55. The predicted molar refractivity (Wildman–Crippen MR) is 73.4 cm³/mol. The normalized spacial score (nSPS) is 23.1. The van der Waals surface area contributed by atoms with Gasteiger partial charge in [-0.1, -0.05) is 6.07 Å². The third-order valence-corrected chi connectivity index (χ3v) is 3.55. The van der Waals surface area contributed by atoms with E-state index in [1.165, 1.54) is 18.4 Å². The van der Waals surface area contributed by atoms with E-state index in [9.17, 15) is 0 Å². The summed E-state index contributed by atoms with van der Waals surface area (Å²) in [4.78, 5) is 0. The van der Waals surface area contributed by atoms with Gasteiger partial charge in [0.05, 0.1) is 13.2 Å². The second-order valence-corrected chi connectivity index (χ2v) is 4.89. The summed E-state index contributed by atoms with van der Waals surface area (Å²) in [6.45, 7) is 8.66. The summed E-state index contributed by atoms with van der Waals surface area (Å²) in [5, 5.41) is 3.57. The van der Waals surface area contributed by atoms with Gasteiger partial charge in [-0.25, -0.2) is 0 Å². The number of rotatable bonds is 5. The van der Waals surface area contributed by atoms with Crippen molar-refractivity contribution in [1.82, 2.24) is 5.32 Å². The van der Waals surface area contributed by atoms with Crippen molar-refractivity contribution in [3.05, 3.63) is 23.8 Å². The van der Waals surface area contributed by atoms with E-state index in [4.69, 9.17) is 9.47 Å². The first-order valence-electron chi connectivity index (χ1n) is 6.84. The molecular weight excluding hydrogens is 226 g/mol. The predicted octanol–water partition coefficient (Wildman–Crippen LogP) is 3.08. The van der Waals surface area contributed by atoms with Crippen LogP contribution >= 0.6 is 0 Å². The van der Waals surface area contributed by atoms with Gasteiger partial charge in [0.25, 0.3) is 0 Å². The smallest absolute Gasteiger partial charge is 0.161 e. The van der Waals surface area contributed by atoms with Crippen LogP contribution in [0.5, 0.6) is 11.5 Å². The van der Waals surface area contributed by atoms with Gasteiger partial charge in [-0.15, -0.1) is 0 Å². The average molecular weight is 249 g/mol. The summed E-state index contributed by atoms with van der Waals surface area (Å²) in [5.41, 5.74) is 1.36. The van der Waals surface area contributed by atoms with Crippen LogP contribution in [0.1, 0.15) is 39.2 Å². The van der Waals surface area contributed by atoms with Crippen LogP contribution < -0.4 is 14.8 Å². The van der Waals surface area contributed by atoms with E-state index in [0.29, 0.717) is 13.2 Å². The third kappa shape index (κ3) is 2.61. The minimum atomic E-state index is 0.0800. The Bertz CT molecular complexity index is 397. The van der Waals surface area contributed by atoms with Crippen LogP contribution in [0, 0.1) is 0 Å². The van der Waals surface area contributed by atoms with E-state index >= 15 is 0 Å². The molecular formula is C15H23NO2. The summed E-state index contributed by atoms with van der Waals surface area (Å²) < 4.78 is 11.3. The zero-order chi connectivity index (χ0) is 13.0. The molecule has 0 aromatic heterocycles. The molecule has 1 unspecified atom stereocenters. The van der Waals surface area contributed by atoms with E-state index in [-0.39, 0.29) is 5.54 Å². The molecule has 18 heavy (non-hydrogen) atoms. The SMILES string of the molecule is CCOc1ccc(C2(C)CCCN2)cc1OCC. The molecule has 1 aliphatic heterocycles. The first-order valence-corrected chi connectivity index (χ1v) is 6.84. The maximum absolute atomic E-state index is 5.68. The Labute approximate surface area is 109 Å². The summed E-state index contributed by atoms with van der Waals surface area (Å²) >= 11 is 0. The molecule has 2 rings (SSSR count). The molecule has 3 nitrogen and oxygen atoms in total. The number of ether oxygens (including phenoxy) is 2. The molecule has 1 heterocycles. The van der Waals surface area contributed by atoms with Crippen molar-refractivity contribution in [1.29, 1.82) is 0 Å². The first kappa shape index (κ1) is 13.2. The highest BCUT2D eigenvalue weighted by Crippen LogP contribution is 2.36. The highest BCUT2D eigenvalue weighted by atomic mass is 16.5. The molecule has 1 saturated heterocycles. The molecule has 100 valence electrons. The van der Waals surface area contributed by atoms with E-state index in [2.05, 4.69) is 24.4 Å². The zero-order valence-corrected chi connectivity index (χ0v) is 11.6. The Balaban J connectivity index is 2.29. The highest BCUT2D eigenvalue weighted by molar-refractivity contribution is 5.45. The molecule has 0 spiro atoms. The molecule has 0 aliphatic carbocycles. The van der Waals surface area contributed by atoms with E-state index < -0.39 is 0 Å². The van der Waals surface area contributed by atoms with Gasteiger partial charge < -0.3 is 14.8 Å². The van der Waals surface area contributed by atoms with E-state index in [1.807, 2.05) is 19.9 Å². The Morgan fingerprint density at radius 3 is 2.50 bits per heavy atom. The second-order valence-electron chi connectivity index (χ2n) is 4.89. The van der Waals surface area contributed by atoms with Crippen molar-refractivity contribution >= 4 is 0 Å². The molecule has 1 N–H and O–H groups in total. The summed E-state index contributed by atoms with van der Waals surface area (Å²) in [7, 11) is 0. The van der Waals surface area contributed by atoms with Crippen molar-refractivity contribution in [3.8, 4) is 11.5 Å². The molecule has 0 saturated carbocycles. The van der Waals surface area contributed by atoms with Gasteiger partial charge in [-0.3, -0.25) is 0 Å². The Morgan fingerprint density at radius 1 is 1.17 bits per heavy atom. The van der Waals surface area contributed by atoms with Crippen molar-refractivity contribution in [3.63, 3.8) is 0 Å². The van der Waals surface area contributed by atoms with Crippen LogP contribution in [0.15, 0.2) is 18.2 Å². The lowest BCUT2D eigenvalue weighted by molar-refractivity contribution is 0.286. The first-order chi connectivity index (χ1) is 8.69. The summed E-state index contributed by atoms with van der Waals surface area (Å²) in [5.74, 6) is 1.69. The lowest BCUT2D eigenvalue weighted by atomic mass is 9.90. The fourth-order valence-electron chi connectivity index (χ4n) is 2.54. The maximum atomic E-state index is 5.68. The van der Waals surface area contributed by atoms with Gasteiger partial charge in [0, 0.05) is 5.54 Å². The fraction of sp³-hybridized carbons (Fsp3) is 0.600. The lowest BCUT2D eigenvalue weighted by Crippen LogP contribution is -2.33. The highest BCUT2D eigenvalue weighted by Gasteiger charge is 2.30. The molecule has 1 aliphatic rings. The van der Waals surface area contributed by atoms with Gasteiger partial charge in [-0.05, 0) is 57.9 Å². The number of hydrogen-bond donors (Lipinski definition) is 1. The molecule has 0 radical (unpaired) electrons. The van der Waals surface area contributed by atoms with Gasteiger partial charge in [0.15, 0.2) is 11.5 Å². The molecule has 0 amide bonds. The zero-order valence-electron chi connectivity index (χ0n) is 11.6.